The van der Waals surface area contributed by atoms with E-state index in [1.165, 1.54) is 11.8 Å². The fourth-order valence-corrected chi connectivity index (χ4v) is 3.05. The summed E-state index contributed by atoms with van der Waals surface area (Å²) in [5.41, 5.74) is 0. The number of rotatable bonds is 6. The fourth-order valence-electron chi connectivity index (χ4n) is 2.21. The maximum Gasteiger partial charge on any atom is 0.283 e. The van der Waals surface area contributed by atoms with Gasteiger partial charge in [-0.2, -0.15) is 0 Å². The summed E-state index contributed by atoms with van der Waals surface area (Å²) in [6.07, 6.45) is 3.18. The summed E-state index contributed by atoms with van der Waals surface area (Å²) < 4.78 is 18.2. The van der Waals surface area contributed by atoms with Crippen LogP contribution in [0.3, 0.4) is 0 Å². The van der Waals surface area contributed by atoms with Crippen molar-refractivity contribution in [1.82, 2.24) is 25.0 Å². The third-order valence-corrected chi connectivity index (χ3v) is 4.25. The predicted octanol–water partition coefficient (Wildman–Crippen LogP) is 3.49. The van der Waals surface area contributed by atoms with Crippen LogP contribution in [0, 0.1) is 0 Å². The number of hydrogen-bond donors (Lipinski definition) is 0. The first kappa shape index (κ1) is 14.8. The van der Waals surface area contributed by atoms with Crippen LogP contribution in [-0.4, -0.2) is 25.0 Å². The van der Waals surface area contributed by atoms with Gasteiger partial charge in [0.05, 0.1) is 18.3 Å². The van der Waals surface area contributed by atoms with Crippen molar-refractivity contribution in [2.24, 2.45) is 0 Å². The Morgan fingerprint density at radius 1 is 1.00 bits per heavy atom. The SMILES string of the molecule is CCn1c(SCc2nnc(-c3ccco3)o2)nnc1-c1ccco1. The maximum atomic E-state index is 5.59. The molecule has 0 atom stereocenters. The van der Waals surface area contributed by atoms with Crippen LogP contribution in [-0.2, 0) is 12.3 Å². The van der Waals surface area contributed by atoms with Gasteiger partial charge in [0.15, 0.2) is 22.5 Å². The molecule has 0 amide bonds. The maximum absolute atomic E-state index is 5.59. The van der Waals surface area contributed by atoms with Gasteiger partial charge in [0, 0.05) is 6.54 Å². The van der Waals surface area contributed by atoms with Crippen LogP contribution in [0.5, 0.6) is 0 Å². The summed E-state index contributed by atoms with van der Waals surface area (Å²) in [6.45, 7) is 2.76. The zero-order valence-electron chi connectivity index (χ0n) is 12.7. The van der Waals surface area contributed by atoms with E-state index in [1.807, 2.05) is 23.6 Å². The lowest BCUT2D eigenvalue weighted by atomic mass is 10.4. The zero-order valence-corrected chi connectivity index (χ0v) is 13.6. The van der Waals surface area contributed by atoms with Crippen LogP contribution in [0.15, 0.2) is 55.2 Å². The first-order valence-electron chi connectivity index (χ1n) is 7.31. The smallest absolute Gasteiger partial charge is 0.283 e. The molecule has 4 heterocycles. The molecule has 4 aromatic rings. The van der Waals surface area contributed by atoms with Crippen LogP contribution >= 0.6 is 11.8 Å². The second-order valence-corrected chi connectivity index (χ2v) is 5.74. The van der Waals surface area contributed by atoms with Gasteiger partial charge in [-0.1, -0.05) is 11.8 Å². The van der Waals surface area contributed by atoms with Gasteiger partial charge in [-0.05, 0) is 31.2 Å². The van der Waals surface area contributed by atoms with Crippen molar-refractivity contribution in [3.05, 3.63) is 42.7 Å². The van der Waals surface area contributed by atoms with Crippen molar-refractivity contribution >= 4 is 11.8 Å². The standard InChI is InChI=1S/C15H13N5O3S/c1-2-20-13(10-5-3-7-21-10)17-19-15(20)24-9-12-16-18-14(23-12)11-6-4-8-22-11/h3-8H,2,9H2,1H3. The topological polar surface area (TPSA) is 95.9 Å². The van der Waals surface area contributed by atoms with E-state index in [-0.39, 0.29) is 0 Å². The van der Waals surface area contributed by atoms with E-state index < -0.39 is 0 Å². The summed E-state index contributed by atoms with van der Waals surface area (Å²) in [4.78, 5) is 0. The lowest BCUT2D eigenvalue weighted by molar-refractivity contribution is 0.494. The largest absolute Gasteiger partial charge is 0.461 e. The molecule has 8 nitrogen and oxygen atoms in total. The molecule has 122 valence electrons. The third kappa shape index (κ3) is 2.73. The van der Waals surface area contributed by atoms with Gasteiger partial charge in [-0.3, -0.25) is 4.57 Å². The average Bonchev–Trinajstić information content (AvgIpc) is 3.40. The molecule has 0 aliphatic heterocycles. The summed E-state index contributed by atoms with van der Waals surface area (Å²) in [5.74, 6) is 3.29. The molecule has 0 aromatic carbocycles. The van der Waals surface area contributed by atoms with Crippen LogP contribution < -0.4 is 0 Å². The number of aromatic nitrogens is 5. The van der Waals surface area contributed by atoms with Crippen molar-refractivity contribution in [2.45, 2.75) is 24.4 Å². The molecule has 0 saturated carbocycles. The predicted molar refractivity (Wildman–Crippen MR) is 85.0 cm³/mol. The van der Waals surface area contributed by atoms with Gasteiger partial charge in [0.2, 0.25) is 5.89 Å². The number of nitrogens with zero attached hydrogens (tertiary/aromatic N) is 5. The molecule has 4 rings (SSSR count). The molecule has 0 N–H and O–H groups in total. The highest BCUT2D eigenvalue weighted by Crippen LogP contribution is 2.27. The Labute approximate surface area is 140 Å². The monoisotopic (exact) mass is 343 g/mol. The van der Waals surface area contributed by atoms with Crippen molar-refractivity contribution in [2.75, 3.05) is 0 Å². The van der Waals surface area contributed by atoms with E-state index in [0.717, 1.165) is 11.7 Å². The van der Waals surface area contributed by atoms with Crippen LogP contribution in [0.1, 0.15) is 12.8 Å². The van der Waals surface area contributed by atoms with E-state index in [1.54, 1.807) is 24.7 Å². The first-order chi connectivity index (χ1) is 11.8. The quantitative estimate of drug-likeness (QED) is 0.491. The van der Waals surface area contributed by atoms with Crippen molar-refractivity contribution in [3.8, 4) is 23.2 Å². The molecule has 0 radical (unpaired) electrons. The van der Waals surface area contributed by atoms with Gasteiger partial charge < -0.3 is 13.3 Å². The lowest BCUT2D eigenvalue weighted by Gasteiger charge is -2.04. The molecule has 0 spiro atoms. The molecule has 0 aliphatic rings. The number of thioether (sulfide) groups is 1. The van der Waals surface area contributed by atoms with Gasteiger partial charge >= 0.3 is 0 Å². The highest BCUT2D eigenvalue weighted by atomic mass is 32.2. The lowest BCUT2D eigenvalue weighted by Crippen LogP contribution is -1.99. The highest BCUT2D eigenvalue weighted by Gasteiger charge is 2.17. The fraction of sp³-hybridized carbons (Fsp3) is 0.200. The number of hydrogen-bond acceptors (Lipinski definition) is 8. The van der Waals surface area contributed by atoms with Gasteiger partial charge in [-0.25, -0.2) is 0 Å². The molecule has 0 aliphatic carbocycles. The van der Waals surface area contributed by atoms with E-state index in [2.05, 4.69) is 20.4 Å². The minimum atomic E-state index is 0.365. The normalized spacial score (nSPS) is 11.2. The molecule has 0 unspecified atom stereocenters. The Morgan fingerprint density at radius 3 is 2.50 bits per heavy atom. The minimum Gasteiger partial charge on any atom is -0.461 e. The van der Waals surface area contributed by atoms with Crippen molar-refractivity contribution in [1.29, 1.82) is 0 Å². The van der Waals surface area contributed by atoms with Crippen LogP contribution in [0.4, 0.5) is 0 Å². The molecular weight excluding hydrogens is 330 g/mol. The van der Waals surface area contributed by atoms with E-state index in [9.17, 15) is 0 Å². The Bertz CT molecular complexity index is 911. The molecule has 0 bridgehead atoms. The first-order valence-corrected chi connectivity index (χ1v) is 8.30. The second-order valence-electron chi connectivity index (χ2n) is 4.79. The Kier molecular flexibility index (Phi) is 3.91. The molecule has 0 saturated heterocycles. The average molecular weight is 343 g/mol. The minimum absolute atomic E-state index is 0.365. The third-order valence-electron chi connectivity index (χ3n) is 3.30. The molecule has 0 fully saturated rings. The molecular formula is C15H13N5O3S. The summed E-state index contributed by atoms with van der Waals surface area (Å²) in [7, 11) is 0. The van der Waals surface area contributed by atoms with Gasteiger partial charge in [-0.15, -0.1) is 20.4 Å². The molecule has 24 heavy (non-hydrogen) atoms. The summed E-state index contributed by atoms with van der Waals surface area (Å²) >= 11 is 1.47. The van der Waals surface area contributed by atoms with Gasteiger partial charge in [0.1, 0.15) is 0 Å². The second kappa shape index (κ2) is 6.36. The van der Waals surface area contributed by atoms with E-state index in [0.29, 0.717) is 34.9 Å². The van der Waals surface area contributed by atoms with Gasteiger partial charge in [0.25, 0.3) is 5.89 Å². The van der Waals surface area contributed by atoms with E-state index >= 15 is 0 Å². The van der Waals surface area contributed by atoms with Crippen molar-refractivity contribution < 1.29 is 13.3 Å². The van der Waals surface area contributed by atoms with Crippen LogP contribution in [0.25, 0.3) is 23.2 Å². The molecule has 9 heteroatoms. The summed E-state index contributed by atoms with van der Waals surface area (Å²) in [6, 6.07) is 7.23. The molecule has 4 aromatic heterocycles. The zero-order chi connectivity index (χ0) is 16.4. The Hall–Kier alpha value is -2.81. The number of furan rings is 2. The van der Waals surface area contributed by atoms with E-state index in [4.69, 9.17) is 13.3 Å². The van der Waals surface area contributed by atoms with Crippen LogP contribution in [0.2, 0.25) is 0 Å². The van der Waals surface area contributed by atoms with Crippen molar-refractivity contribution in [3.63, 3.8) is 0 Å². The Balaban J connectivity index is 1.50. The highest BCUT2D eigenvalue weighted by molar-refractivity contribution is 7.98. The summed E-state index contributed by atoms with van der Waals surface area (Å²) in [5, 5.41) is 17.2. The Morgan fingerprint density at radius 2 is 1.79 bits per heavy atom.